The van der Waals surface area contributed by atoms with Gasteiger partial charge in [0.2, 0.25) is 5.91 Å². The smallest absolute Gasteiger partial charge is 0.325 e. The molecule has 6 heteroatoms. The highest BCUT2D eigenvalue weighted by molar-refractivity contribution is 6.09. The molecular weight excluding hydrogens is 330 g/mol. The van der Waals surface area contributed by atoms with Gasteiger partial charge < -0.3 is 10.6 Å². The van der Waals surface area contributed by atoms with Gasteiger partial charge >= 0.3 is 6.03 Å². The second-order valence-corrected chi connectivity index (χ2v) is 7.68. The van der Waals surface area contributed by atoms with Crippen LogP contribution in [0.15, 0.2) is 24.3 Å². The highest BCUT2D eigenvalue weighted by Gasteiger charge is 2.51. The Morgan fingerprint density at radius 2 is 1.92 bits per heavy atom. The first-order chi connectivity index (χ1) is 12.6. The van der Waals surface area contributed by atoms with E-state index in [2.05, 4.69) is 16.7 Å². The Kier molecular flexibility index (Phi) is 4.42. The molecule has 4 rings (SSSR count). The van der Waals surface area contributed by atoms with E-state index in [0.717, 1.165) is 49.0 Å². The first kappa shape index (κ1) is 17.1. The first-order valence-electron chi connectivity index (χ1n) is 9.60. The van der Waals surface area contributed by atoms with E-state index in [1.165, 1.54) is 5.56 Å². The summed E-state index contributed by atoms with van der Waals surface area (Å²) in [5.74, 6) is -0.510. The number of amides is 4. The lowest BCUT2D eigenvalue weighted by Crippen LogP contribution is -2.49. The third kappa shape index (κ3) is 2.97. The van der Waals surface area contributed by atoms with Crippen LogP contribution in [0.4, 0.5) is 4.79 Å². The molecule has 1 aromatic rings. The highest BCUT2D eigenvalue weighted by atomic mass is 16.2. The minimum Gasteiger partial charge on any atom is -0.348 e. The average Bonchev–Trinajstić information content (AvgIpc) is 2.87. The Morgan fingerprint density at radius 1 is 1.15 bits per heavy atom. The fourth-order valence-electron chi connectivity index (χ4n) is 4.60. The molecule has 1 aromatic carbocycles. The molecule has 0 radical (unpaired) electrons. The van der Waals surface area contributed by atoms with Crippen LogP contribution < -0.4 is 10.6 Å². The van der Waals surface area contributed by atoms with Crippen molar-refractivity contribution in [3.8, 4) is 0 Å². The van der Waals surface area contributed by atoms with Gasteiger partial charge in [0, 0.05) is 0 Å². The van der Waals surface area contributed by atoms with E-state index in [-0.39, 0.29) is 24.4 Å². The van der Waals surface area contributed by atoms with Crippen LogP contribution in [-0.2, 0) is 16.0 Å². The monoisotopic (exact) mass is 355 g/mol. The number of benzene rings is 1. The van der Waals surface area contributed by atoms with Gasteiger partial charge in [-0.3, -0.25) is 14.5 Å². The summed E-state index contributed by atoms with van der Waals surface area (Å²) in [6.45, 7) is -0.203. The van der Waals surface area contributed by atoms with Crippen LogP contribution in [0.3, 0.4) is 0 Å². The van der Waals surface area contributed by atoms with E-state index in [9.17, 15) is 14.4 Å². The molecule has 0 aromatic heterocycles. The fraction of sp³-hybridized carbons (Fsp3) is 0.550. The average molecular weight is 355 g/mol. The van der Waals surface area contributed by atoms with E-state index >= 15 is 0 Å². The molecule has 1 aliphatic heterocycles. The van der Waals surface area contributed by atoms with Gasteiger partial charge in [0.1, 0.15) is 12.1 Å². The fourth-order valence-corrected chi connectivity index (χ4v) is 4.60. The second-order valence-electron chi connectivity index (χ2n) is 7.68. The Morgan fingerprint density at radius 3 is 2.73 bits per heavy atom. The van der Waals surface area contributed by atoms with Gasteiger partial charge in [-0.05, 0) is 43.2 Å². The van der Waals surface area contributed by atoms with Crippen molar-refractivity contribution in [2.24, 2.45) is 0 Å². The number of carbonyl (C=O) groups is 3. The highest BCUT2D eigenvalue weighted by Crippen LogP contribution is 2.34. The van der Waals surface area contributed by atoms with Crippen molar-refractivity contribution >= 4 is 17.8 Å². The number of hydrogen-bond acceptors (Lipinski definition) is 3. The summed E-state index contributed by atoms with van der Waals surface area (Å²) in [4.78, 5) is 38.7. The Hall–Kier alpha value is -2.37. The molecule has 0 unspecified atom stereocenters. The van der Waals surface area contributed by atoms with Crippen molar-refractivity contribution < 1.29 is 14.4 Å². The summed E-state index contributed by atoms with van der Waals surface area (Å²) in [5.41, 5.74) is 1.64. The molecule has 1 spiro atoms. The lowest BCUT2D eigenvalue weighted by atomic mass is 9.82. The van der Waals surface area contributed by atoms with Crippen LogP contribution in [0.5, 0.6) is 0 Å². The molecule has 3 aliphatic rings. The van der Waals surface area contributed by atoms with Gasteiger partial charge in [-0.2, -0.15) is 0 Å². The lowest BCUT2D eigenvalue weighted by molar-refractivity contribution is -0.136. The molecule has 1 heterocycles. The summed E-state index contributed by atoms with van der Waals surface area (Å²) >= 11 is 0. The molecule has 2 fully saturated rings. The number of nitrogens with one attached hydrogen (secondary N) is 2. The minimum absolute atomic E-state index is 0.0446. The molecule has 138 valence electrons. The standard InChI is InChI=1S/C20H25N3O3/c24-17(21-16-10-6-8-14-7-2-3-9-15(14)16)13-23-18(25)20(22-19(23)26)11-4-1-5-12-20/h2-3,7,9,16H,1,4-6,8,10-13H2,(H,21,24)(H,22,26)/t16-/m1/s1. The number of imide groups is 1. The molecule has 2 N–H and O–H groups in total. The van der Waals surface area contributed by atoms with Crippen molar-refractivity contribution in [3.63, 3.8) is 0 Å². The Labute approximate surface area is 153 Å². The maximum atomic E-state index is 12.8. The van der Waals surface area contributed by atoms with E-state index in [1.54, 1.807) is 0 Å². The predicted molar refractivity (Wildman–Crippen MR) is 96.3 cm³/mol. The predicted octanol–water partition coefficient (Wildman–Crippen LogP) is 2.43. The summed E-state index contributed by atoms with van der Waals surface area (Å²) in [5, 5.41) is 5.87. The van der Waals surface area contributed by atoms with Gasteiger partial charge in [-0.25, -0.2) is 4.79 Å². The third-order valence-electron chi connectivity index (χ3n) is 5.96. The summed E-state index contributed by atoms with van der Waals surface area (Å²) < 4.78 is 0. The van der Waals surface area contributed by atoms with Crippen LogP contribution in [0, 0.1) is 0 Å². The van der Waals surface area contributed by atoms with Crippen molar-refractivity contribution in [1.29, 1.82) is 0 Å². The summed E-state index contributed by atoms with van der Waals surface area (Å²) in [6.07, 6.45) is 7.23. The third-order valence-corrected chi connectivity index (χ3v) is 5.96. The number of rotatable bonds is 3. The van der Waals surface area contributed by atoms with Crippen LogP contribution in [0.2, 0.25) is 0 Å². The molecule has 0 bridgehead atoms. The second kappa shape index (κ2) is 6.74. The van der Waals surface area contributed by atoms with Crippen molar-refractivity contribution in [2.75, 3.05) is 6.54 Å². The van der Waals surface area contributed by atoms with Gasteiger partial charge in [0.15, 0.2) is 0 Å². The molecule has 1 atom stereocenters. The van der Waals surface area contributed by atoms with Crippen molar-refractivity contribution in [1.82, 2.24) is 15.5 Å². The largest absolute Gasteiger partial charge is 0.348 e. The summed E-state index contributed by atoms with van der Waals surface area (Å²) in [7, 11) is 0. The number of urea groups is 1. The molecule has 1 saturated heterocycles. The molecule has 6 nitrogen and oxygen atoms in total. The Bertz CT molecular complexity index is 740. The van der Waals surface area contributed by atoms with Gasteiger partial charge in [0.25, 0.3) is 5.91 Å². The number of nitrogens with zero attached hydrogens (tertiary/aromatic N) is 1. The van der Waals surface area contributed by atoms with E-state index in [1.807, 2.05) is 18.2 Å². The number of carbonyl (C=O) groups excluding carboxylic acids is 3. The van der Waals surface area contributed by atoms with E-state index in [4.69, 9.17) is 0 Å². The van der Waals surface area contributed by atoms with Gasteiger partial charge in [-0.15, -0.1) is 0 Å². The van der Waals surface area contributed by atoms with Crippen molar-refractivity contribution in [3.05, 3.63) is 35.4 Å². The number of aryl methyl sites for hydroxylation is 1. The maximum Gasteiger partial charge on any atom is 0.325 e. The minimum atomic E-state index is -0.771. The van der Waals surface area contributed by atoms with Crippen LogP contribution in [0.25, 0.3) is 0 Å². The molecule has 2 aliphatic carbocycles. The lowest BCUT2D eigenvalue weighted by Gasteiger charge is -2.30. The van der Waals surface area contributed by atoms with E-state index in [0.29, 0.717) is 12.8 Å². The zero-order valence-corrected chi connectivity index (χ0v) is 14.9. The maximum absolute atomic E-state index is 12.8. The molecule has 1 saturated carbocycles. The normalized spacial score (nSPS) is 24.3. The molecular formula is C20H25N3O3. The topological polar surface area (TPSA) is 78.5 Å². The number of hydrogen-bond donors (Lipinski definition) is 2. The van der Waals surface area contributed by atoms with Gasteiger partial charge in [0.05, 0.1) is 6.04 Å². The Balaban J connectivity index is 1.43. The molecule has 26 heavy (non-hydrogen) atoms. The zero-order chi connectivity index (χ0) is 18.1. The van der Waals surface area contributed by atoms with Gasteiger partial charge in [-0.1, -0.05) is 43.5 Å². The van der Waals surface area contributed by atoms with E-state index < -0.39 is 11.6 Å². The van der Waals surface area contributed by atoms with Crippen LogP contribution in [-0.4, -0.2) is 34.8 Å². The van der Waals surface area contributed by atoms with Crippen molar-refractivity contribution in [2.45, 2.75) is 62.9 Å². The quantitative estimate of drug-likeness (QED) is 0.818. The number of fused-ring (bicyclic) bond motifs is 1. The first-order valence-corrected chi connectivity index (χ1v) is 9.60. The van der Waals surface area contributed by atoms with Crippen LogP contribution in [0.1, 0.15) is 62.1 Å². The summed E-state index contributed by atoms with van der Waals surface area (Å²) in [6, 6.07) is 7.66. The SMILES string of the molecule is O=C(CN1C(=O)NC2(CCCCC2)C1=O)N[C@@H]1CCCc2ccccc21. The zero-order valence-electron chi connectivity index (χ0n) is 14.9. The van der Waals surface area contributed by atoms with Crippen LogP contribution >= 0.6 is 0 Å². The molecule has 4 amide bonds.